The first-order valence-electron chi connectivity index (χ1n) is 6.83. The standard InChI is InChI=1S/C14H18ClF2NO2S/c1-9(2)18(8-10-3-4-10)21(19,20)13-6-11(7-15)5-12(16)14(13)17/h5-6,9-10H,3-4,7-8H2,1-2H3. The zero-order valence-corrected chi connectivity index (χ0v) is 13.5. The summed E-state index contributed by atoms with van der Waals surface area (Å²) in [4.78, 5) is -0.632. The van der Waals surface area contributed by atoms with Gasteiger partial charge in [0.1, 0.15) is 4.90 Å². The number of hydrogen-bond donors (Lipinski definition) is 0. The minimum Gasteiger partial charge on any atom is -0.207 e. The number of nitrogens with zero attached hydrogens (tertiary/aromatic N) is 1. The lowest BCUT2D eigenvalue weighted by Gasteiger charge is -2.26. The Balaban J connectivity index is 2.48. The van der Waals surface area contributed by atoms with Crippen LogP contribution < -0.4 is 0 Å². The van der Waals surface area contributed by atoms with E-state index in [0.29, 0.717) is 12.5 Å². The molecule has 0 amide bonds. The summed E-state index contributed by atoms with van der Waals surface area (Å²) >= 11 is 5.61. The third-order valence-electron chi connectivity index (χ3n) is 3.51. The van der Waals surface area contributed by atoms with E-state index in [1.54, 1.807) is 13.8 Å². The molecule has 0 spiro atoms. The molecule has 1 saturated carbocycles. The van der Waals surface area contributed by atoms with Crippen LogP contribution in [0.1, 0.15) is 32.3 Å². The van der Waals surface area contributed by atoms with Crippen molar-refractivity contribution in [1.29, 1.82) is 0 Å². The molecule has 0 unspecified atom stereocenters. The number of halogens is 3. The minimum absolute atomic E-state index is 0.0793. The summed E-state index contributed by atoms with van der Waals surface area (Å²) in [6.07, 6.45) is 1.94. The van der Waals surface area contributed by atoms with Crippen LogP contribution in [-0.4, -0.2) is 25.3 Å². The number of benzene rings is 1. The Morgan fingerprint density at radius 2 is 1.95 bits per heavy atom. The number of sulfonamides is 1. The van der Waals surface area contributed by atoms with Crippen molar-refractivity contribution in [2.24, 2.45) is 5.92 Å². The highest BCUT2D eigenvalue weighted by Crippen LogP contribution is 2.33. The molecule has 3 nitrogen and oxygen atoms in total. The van der Waals surface area contributed by atoms with Gasteiger partial charge in [0, 0.05) is 18.5 Å². The Morgan fingerprint density at radius 1 is 1.33 bits per heavy atom. The first-order chi connectivity index (χ1) is 9.77. The van der Waals surface area contributed by atoms with Gasteiger partial charge in [0.2, 0.25) is 10.0 Å². The maximum Gasteiger partial charge on any atom is 0.246 e. The minimum atomic E-state index is -4.08. The van der Waals surface area contributed by atoms with E-state index in [0.717, 1.165) is 25.0 Å². The van der Waals surface area contributed by atoms with E-state index >= 15 is 0 Å². The molecule has 2 rings (SSSR count). The highest BCUT2D eigenvalue weighted by molar-refractivity contribution is 7.89. The van der Waals surface area contributed by atoms with Gasteiger partial charge in [0.15, 0.2) is 11.6 Å². The lowest BCUT2D eigenvalue weighted by molar-refractivity contribution is 0.339. The average molecular weight is 338 g/mol. The molecule has 118 valence electrons. The Hall–Kier alpha value is -0.720. The van der Waals surface area contributed by atoms with Gasteiger partial charge >= 0.3 is 0 Å². The van der Waals surface area contributed by atoms with Gasteiger partial charge < -0.3 is 0 Å². The SMILES string of the molecule is CC(C)N(CC1CC1)S(=O)(=O)c1cc(CCl)cc(F)c1F. The molecule has 0 radical (unpaired) electrons. The van der Waals surface area contributed by atoms with Crippen molar-refractivity contribution in [2.45, 2.75) is 43.5 Å². The molecule has 0 N–H and O–H groups in total. The van der Waals surface area contributed by atoms with Gasteiger partial charge in [-0.05, 0) is 50.3 Å². The van der Waals surface area contributed by atoms with E-state index in [4.69, 9.17) is 11.6 Å². The predicted molar refractivity (Wildman–Crippen MR) is 77.7 cm³/mol. The van der Waals surface area contributed by atoms with Gasteiger partial charge in [-0.1, -0.05) is 0 Å². The largest absolute Gasteiger partial charge is 0.246 e. The molecule has 1 aromatic carbocycles. The zero-order valence-electron chi connectivity index (χ0n) is 11.9. The Labute approximate surface area is 129 Å². The fraction of sp³-hybridized carbons (Fsp3) is 0.571. The topological polar surface area (TPSA) is 37.4 Å². The summed E-state index contributed by atoms with van der Waals surface area (Å²) in [6.45, 7) is 3.78. The van der Waals surface area contributed by atoms with E-state index in [9.17, 15) is 17.2 Å². The molecule has 0 heterocycles. The molecule has 1 aliphatic rings. The molecule has 0 aliphatic heterocycles. The first-order valence-corrected chi connectivity index (χ1v) is 8.80. The van der Waals surface area contributed by atoms with E-state index < -0.39 is 26.6 Å². The third kappa shape index (κ3) is 3.55. The van der Waals surface area contributed by atoms with Crippen LogP contribution >= 0.6 is 11.6 Å². The highest BCUT2D eigenvalue weighted by Gasteiger charge is 2.35. The van der Waals surface area contributed by atoms with Crippen LogP contribution in [0, 0.1) is 17.6 Å². The van der Waals surface area contributed by atoms with Crippen molar-refractivity contribution in [3.05, 3.63) is 29.3 Å². The Bertz CT molecular complexity index is 630. The monoisotopic (exact) mass is 337 g/mol. The van der Waals surface area contributed by atoms with E-state index in [2.05, 4.69) is 0 Å². The maximum atomic E-state index is 14.0. The quantitative estimate of drug-likeness (QED) is 0.745. The lowest BCUT2D eigenvalue weighted by Crippen LogP contribution is -2.39. The number of rotatable bonds is 6. The van der Waals surface area contributed by atoms with Crippen molar-refractivity contribution < 1.29 is 17.2 Å². The maximum absolute atomic E-state index is 14.0. The summed E-state index contributed by atoms with van der Waals surface area (Å²) in [5.74, 6) is -2.30. The van der Waals surface area contributed by atoms with Crippen molar-refractivity contribution >= 4 is 21.6 Å². The van der Waals surface area contributed by atoms with Gasteiger partial charge in [0.25, 0.3) is 0 Å². The van der Waals surface area contributed by atoms with Gasteiger partial charge in [-0.15, -0.1) is 11.6 Å². The van der Waals surface area contributed by atoms with Crippen molar-refractivity contribution in [3.8, 4) is 0 Å². The second-order valence-electron chi connectivity index (χ2n) is 5.64. The summed E-state index contributed by atoms with van der Waals surface area (Å²) in [5, 5.41) is 0. The second kappa shape index (κ2) is 6.18. The molecule has 1 fully saturated rings. The van der Waals surface area contributed by atoms with Crippen LogP contribution in [0.25, 0.3) is 0 Å². The van der Waals surface area contributed by atoms with Gasteiger partial charge in [-0.25, -0.2) is 17.2 Å². The second-order valence-corrected chi connectivity index (χ2v) is 7.76. The molecular formula is C14H18ClF2NO2S. The molecule has 0 aromatic heterocycles. The molecule has 0 atom stereocenters. The molecular weight excluding hydrogens is 320 g/mol. The zero-order chi connectivity index (χ0) is 15.8. The summed E-state index contributed by atoms with van der Waals surface area (Å²) < 4.78 is 54.1. The van der Waals surface area contributed by atoms with Crippen molar-refractivity contribution in [1.82, 2.24) is 4.31 Å². The van der Waals surface area contributed by atoms with Crippen LogP contribution in [0.3, 0.4) is 0 Å². The molecule has 1 aromatic rings. The molecule has 0 saturated heterocycles. The fourth-order valence-corrected chi connectivity index (χ4v) is 4.14. The molecule has 1 aliphatic carbocycles. The normalized spacial score (nSPS) is 16.0. The Kier molecular flexibility index (Phi) is 4.90. The highest BCUT2D eigenvalue weighted by atomic mass is 35.5. The Morgan fingerprint density at radius 3 is 2.43 bits per heavy atom. The van der Waals surface area contributed by atoms with E-state index in [-0.39, 0.29) is 17.5 Å². The first kappa shape index (κ1) is 16.6. The summed E-state index contributed by atoms with van der Waals surface area (Å²) in [6, 6.07) is 1.71. The van der Waals surface area contributed by atoms with Crippen LogP contribution in [0.4, 0.5) is 8.78 Å². The van der Waals surface area contributed by atoms with Crippen LogP contribution in [0.2, 0.25) is 0 Å². The molecule has 0 bridgehead atoms. The van der Waals surface area contributed by atoms with Crippen molar-refractivity contribution in [3.63, 3.8) is 0 Å². The average Bonchev–Trinajstić information content (AvgIpc) is 3.22. The number of hydrogen-bond acceptors (Lipinski definition) is 2. The fourth-order valence-electron chi connectivity index (χ4n) is 2.15. The number of alkyl halides is 1. The molecule has 21 heavy (non-hydrogen) atoms. The molecule has 7 heteroatoms. The third-order valence-corrected chi connectivity index (χ3v) is 5.86. The van der Waals surface area contributed by atoms with E-state index in [1.165, 1.54) is 4.31 Å². The van der Waals surface area contributed by atoms with Crippen LogP contribution in [-0.2, 0) is 15.9 Å². The predicted octanol–water partition coefficient (Wildman–Crippen LogP) is 3.51. The summed E-state index contributed by atoms with van der Waals surface area (Å²) in [7, 11) is -4.08. The van der Waals surface area contributed by atoms with Crippen LogP contribution in [0.5, 0.6) is 0 Å². The van der Waals surface area contributed by atoms with E-state index in [1.807, 2.05) is 0 Å². The van der Waals surface area contributed by atoms with Gasteiger partial charge in [0.05, 0.1) is 0 Å². The van der Waals surface area contributed by atoms with Crippen LogP contribution in [0.15, 0.2) is 17.0 Å². The lowest BCUT2D eigenvalue weighted by atomic mass is 10.2. The smallest absolute Gasteiger partial charge is 0.207 e. The van der Waals surface area contributed by atoms with Gasteiger partial charge in [-0.3, -0.25) is 0 Å². The van der Waals surface area contributed by atoms with Gasteiger partial charge in [-0.2, -0.15) is 4.31 Å². The summed E-state index contributed by atoms with van der Waals surface area (Å²) in [5.41, 5.74) is 0.240. The van der Waals surface area contributed by atoms with Crippen molar-refractivity contribution in [2.75, 3.05) is 6.54 Å².